The van der Waals surface area contributed by atoms with E-state index in [0.717, 1.165) is 27.2 Å². The molecule has 0 amide bonds. The van der Waals surface area contributed by atoms with Crippen LogP contribution in [-0.4, -0.2) is 55.1 Å². The zero-order chi connectivity index (χ0) is 50.9. The van der Waals surface area contributed by atoms with Gasteiger partial charge < -0.3 is 13.6 Å². The molecule has 73 heavy (non-hydrogen) atoms. The molecule has 0 aliphatic heterocycles. The first-order valence-corrected chi connectivity index (χ1v) is 26.3. The van der Waals surface area contributed by atoms with E-state index in [0.29, 0.717) is 96.9 Å². The summed E-state index contributed by atoms with van der Waals surface area (Å²) < 4.78 is 65.0. The highest BCUT2D eigenvalue weighted by molar-refractivity contribution is 7.93. The van der Waals surface area contributed by atoms with Crippen molar-refractivity contribution in [2.75, 3.05) is 5.75 Å². The Morgan fingerprint density at radius 2 is 1.33 bits per heavy atom. The monoisotopic (exact) mass is 1030 g/mol. The third-order valence-corrected chi connectivity index (χ3v) is 16.5. The van der Waals surface area contributed by atoms with Crippen LogP contribution in [0, 0.1) is 11.6 Å². The Bertz CT molecular complexity index is 4230. The van der Waals surface area contributed by atoms with Crippen LogP contribution in [-0.2, 0) is 40.6 Å². The van der Waals surface area contributed by atoms with Crippen LogP contribution in [0.4, 0.5) is 8.78 Å². The van der Waals surface area contributed by atoms with Crippen LogP contribution in [0.3, 0.4) is 0 Å². The van der Waals surface area contributed by atoms with Gasteiger partial charge in [0.25, 0.3) is 0 Å². The fourth-order valence-electron chi connectivity index (χ4n) is 9.94. The number of halogens is 4. The predicted molar refractivity (Wildman–Crippen MR) is 283 cm³/mol. The molecule has 2 aliphatic carbocycles. The van der Waals surface area contributed by atoms with E-state index >= 15 is 4.39 Å². The highest BCUT2D eigenvalue weighted by atomic mass is 35.5. The molecule has 16 heteroatoms. The first-order chi connectivity index (χ1) is 35.2. The van der Waals surface area contributed by atoms with Crippen LogP contribution >= 0.6 is 23.2 Å². The summed E-state index contributed by atoms with van der Waals surface area (Å²) in [6, 6.07) is 28.9. The number of rotatable bonds is 11. The van der Waals surface area contributed by atoms with E-state index < -0.39 is 38.1 Å². The number of carbonyl (C=O) groups is 2. The summed E-state index contributed by atoms with van der Waals surface area (Å²) in [6.07, 6.45) is 8.82. The van der Waals surface area contributed by atoms with Crippen molar-refractivity contribution in [3.05, 3.63) is 187 Å². The number of pyridine rings is 3. The molecule has 0 saturated heterocycles. The molecule has 0 N–H and O–H groups in total. The number of hydrogen-bond acceptors (Lipinski definition) is 9. The van der Waals surface area contributed by atoms with Crippen LogP contribution in [0.15, 0.2) is 131 Å². The van der Waals surface area contributed by atoms with Gasteiger partial charge in [-0.25, -0.2) is 36.9 Å². The molecule has 0 atom stereocenters. The minimum absolute atomic E-state index is 0.0277. The molecule has 2 aliphatic rings. The van der Waals surface area contributed by atoms with Crippen LogP contribution in [0.2, 0.25) is 10.3 Å². The van der Waals surface area contributed by atoms with Gasteiger partial charge >= 0.3 is 5.63 Å². The molecule has 0 unspecified atom stereocenters. The number of allylic oxidation sites excluding steroid dienone is 4. The second kappa shape index (κ2) is 18.9. The van der Waals surface area contributed by atoms with E-state index in [-0.39, 0.29) is 47.7 Å². The van der Waals surface area contributed by atoms with Crippen molar-refractivity contribution in [1.82, 2.24) is 24.1 Å². The Balaban J connectivity index is 0.000000160. The lowest BCUT2D eigenvalue weighted by Gasteiger charge is -2.15. The number of carbonyl (C=O) groups excluding carboxylic acids is 2. The normalized spacial score (nSPS) is 13.9. The van der Waals surface area contributed by atoms with Gasteiger partial charge in [-0.15, -0.1) is 0 Å². The Kier molecular flexibility index (Phi) is 12.4. The highest BCUT2D eigenvalue weighted by Crippen LogP contribution is 2.40. The summed E-state index contributed by atoms with van der Waals surface area (Å²) in [6.45, 7) is 3.99. The predicted octanol–water partition coefficient (Wildman–Crippen LogP) is 12.5. The van der Waals surface area contributed by atoms with Crippen LogP contribution < -0.4 is 5.63 Å². The van der Waals surface area contributed by atoms with Crippen molar-refractivity contribution in [3.63, 3.8) is 0 Å². The molecular weight excluding hydrogens is 992 g/mol. The number of ketones is 2. The molecule has 12 rings (SSSR count). The number of nitrogens with zero attached hydrogens (tertiary/aromatic N) is 5. The van der Waals surface area contributed by atoms with E-state index in [1.807, 2.05) is 86.6 Å². The summed E-state index contributed by atoms with van der Waals surface area (Å²) in [5.74, 6) is -2.29. The third-order valence-electron chi connectivity index (χ3n) is 13.7. The minimum Gasteiger partial charge on any atom is -0.402 e. The van der Waals surface area contributed by atoms with Crippen molar-refractivity contribution in [1.29, 1.82) is 0 Å². The number of Topliss-reactive ketones (excluding diaryl/α,β-unsaturated/α-hetero) is 2. The van der Waals surface area contributed by atoms with E-state index in [1.165, 1.54) is 12.1 Å². The van der Waals surface area contributed by atoms with Gasteiger partial charge in [0.15, 0.2) is 21.4 Å². The molecule has 366 valence electrons. The zero-order valence-electron chi connectivity index (χ0n) is 39.4. The van der Waals surface area contributed by atoms with Crippen LogP contribution in [0.25, 0.3) is 71.2 Å². The quantitative estimate of drug-likeness (QED) is 0.0912. The number of aryl methyl sites for hydroxylation is 2. The standard InChI is InChI=1S/C31H26ClFN2O4S.C26H17ClFN3O2/c1-2-18-14-23-26(15-24(18)33)35(16-20-13-19-7-3-5-9-25(19)34-31(20)32)30(28(37)17-40(38,39)21-11-12-21)29(23)22-8-4-6-10-27(22)36;1-2-14-11-18-21(12-19(14)28)31(13-16-10-15-6-3-4-8-20(15)30-24(16)27)23-22(18)17-7-5-9-29-25(17)33-26(23)32/h3-9,13-15,21H,2,10-12,16-17H2,1H3;3-12H,2,13H2,1H3. The first-order valence-electron chi connectivity index (χ1n) is 23.8. The Morgan fingerprint density at radius 3 is 1.93 bits per heavy atom. The average molecular weight is 1030 g/mol. The highest BCUT2D eigenvalue weighted by Gasteiger charge is 2.39. The molecule has 4 aromatic carbocycles. The van der Waals surface area contributed by atoms with Crippen molar-refractivity contribution in [2.45, 2.75) is 64.3 Å². The van der Waals surface area contributed by atoms with E-state index in [4.69, 9.17) is 27.6 Å². The maximum atomic E-state index is 15.2. The molecule has 6 aromatic heterocycles. The Labute approximate surface area is 426 Å². The van der Waals surface area contributed by atoms with Crippen LogP contribution in [0.1, 0.15) is 71.4 Å². The van der Waals surface area contributed by atoms with Gasteiger partial charge in [-0.1, -0.05) is 91.7 Å². The van der Waals surface area contributed by atoms with Crippen molar-refractivity contribution in [3.8, 4) is 0 Å². The second-order valence-electron chi connectivity index (χ2n) is 18.3. The zero-order valence-corrected chi connectivity index (χ0v) is 41.7. The maximum absolute atomic E-state index is 15.2. The smallest absolute Gasteiger partial charge is 0.362 e. The number of aromatic nitrogens is 5. The minimum atomic E-state index is -3.67. The van der Waals surface area contributed by atoms with Gasteiger partial charge in [0.05, 0.1) is 46.1 Å². The molecule has 1 fully saturated rings. The van der Waals surface area contributed by atoms with Gasteiger partial charge in [0.2, 0.25) is 5.71 Å². The van der Waals surface area contributed by atoms with Crippen molar-refractivity contribution in [2.24, 2.45) is 0 Å². The summed E-state index contributed by atoms with van der Waals surface area (Å²) >= 11 is 13.1. The number of hydrogen-bond donors (Lipinski definition) is 0. The Morgan fingerprint density at radius 1 is 0.740 bits per heavy atom. The second-order valence-corrected chi connectivity index (χ2v) is 21.3. The average Bonchev–Trinajstić information content (AvgIpc) is 4.15. The fraction of sp³-hybridized carbons (Fsp3) is 0.193. The van der Waals surface area contributed by atoms with Gasteiger partial charge in [-0.2, -0.15) is 0 Å². The third kappa shape index (κ3) is 8.70. The Hall–Kier alpha value is -7.39. The molecule has 0 spiro atoms. The molecule has 11 nitrogen and oxygen atoms in total. The molecule has 0 radical (unpaired) electrons. The van der Waals surface area contributed by atoms with Crippen LogP contribution in [0.5, 0.6) is 0 Å². The lowest BCUT2D eigenvalue weighted by molar-refractivity contribution is -0.113. The molecule has 6 heterocycles. The summed E-state index contributed by atoms with van der Waals surface area (Å²) in [4.78, 5) is 53.5. The van der Waals surface area contributed by atoms with Gasteiger partial charge in [0, 0.05) is 67.2 Å². The number of fused-ring (bicyclic) bond motifs is 8. The van der Waals surface area contributed by atoms with Gasteiger partial charge in [-0.05, 0) is 97.5 Å². The summed E-state index contributed by atoms with van der Waals surface area (Å²) in [7, 11) is -3.67. The first kappa shape index (κ1) is 47.9. The number of sulfone groups is 1. The maximum Gasteiger partial charge on any atom is 0.362 e. The number of para-hydroxylation sites is 2. The molecule has 10 aromatic rings. The van der Waals surface area contributed by atoms with E-state index in [1.54, 1.807) is 45.7 Å². The molecule has 1 saturated carbocycles. The van der Waals surface area contributed by atoms with Gasteiger partial charge in [0.1, 0.15) is 33.2 Å². The van der Waals surface area contributed by atoms with Crippen molar-refractivity contribution >= 4 is 116 Å². The lowest BCUT2D eigenvalue weighted by Crippen LogP contribution is -2.24. The van der Waals surface area contributed by atoms with E-state index in [9.17, 15) is 27.2 Å². The summed E-state index contributed by atoms with van der Waals surface area (Å²) in [5.41, 5.74) is 5.52. The van der Waals surface area contributed by atoms with Crippen molar-refractivity contribution < 1.29 is 31.2 Å². The summed E-state index contributed by atoms with van der Waals surface area (Å²) in [5, 5.41) is 4.48. The van der Waals surface area contributed by atoms with E-state index in [2.05, 4.69) is 15.0 Å². The molecule has 0 bridgehead atoms. The SMILES string of the molecule is CCc1cc2c(C3=CC=CCC3=O)c(C(=O)CS(=O)(=O)C3CC3)n(Cc3cc4ccccc4nc3Cl)c2cc1F.CCc1cc2c3c4cccnc4oc(=O)c3n(Cc3cc4ccccc4nc3Cl)c2cc1F. The number of benzene rings is 4. The fourth-order valence-corrected chi connectivity index (χ4v) is 11.9. The largest absolute Gasteiger partial charge is 0.402 e. The molecular formula is C57H43Cl2F2N5O6S. The topological polar surface area (TPSA) is 147 Å². The van der Waals surface area contributed by atoms with Gasteiger partial charge in [-0.3, -0.25) is 9.59 Å². The lowest BCUT2D eigenvalue weighted by atomic mass is 9.92.